The third-order valence-electron chi connectivity index (χ3n) is 2.94. The summed E-state index contributed by atoms with van der Waals surface area (Å²) in [5.41, 5.74) is 2.52. The molecule has 0 spiro atoms. The Kier molecular flexibility index (Phi) is 3.18. The summed E-state index contributed by atoms with van der Waals surface area (Å²) in [5.74, 6) is -0.930. The Morgan fingerprint density at radius 3 is 2.67 bits per heavy atom. The second-order valence-corrected chi connectivity index (χ2v) is 4.21. The Balaban J connectivity index is 2.29. The van der Waals surface area contributed by atoms with Crippen molar-refractivity contribution in [3.63, 3.8) is 0 Å². The fourth-order valence-corrected chi connectivity index (χ4v) is 1.99. The number of aryl methyl sites for hydroxylation is 2. The lowest BCUT2D eigenvalue weighted by atomic mass is 10.2. The molecule has 0 aliphatic carbocycles. The molecule has 2 aromatic rings. The van der Waals surface area contributed by atoms with Gasteiger partial charge in [-0.1, -0.05) is 0 Å². The van der Waals surface area contributed by atoms with Gasteiger partial charge in [0.1, 0.15) is 5.56 Å². The molecule has 18 heavy (non-hydrogen) atoms. The normalized spacial score (nSPS) is 10.8. The average molecular weight is 248 g/mol. The number of carboxylic acids is 1. The Morgan fingerprint density at radius 1 is 1.44 bits per heavy atom. The van der Waals surface area contributed by atoms with Crippen LogP contribution in [0.5, 0.6) is 0 Å². The minimum atomic E-state index is -0.930. The van der Waals surface area contributed by atoms with E-state index in [0.717, 1.165) is 12.1 Å². The molecule has 0 fully saturated rings. The summed E-state index contributed by atoms with van der Waals surface area (Å²) in [4.78, 5) is 11.1. The molecule has 0 saturated heterocycles. The van der Waals surface area contributed by atoms with Crippen LogP contribution >= 0.6 is 0 Å². The molecule has 0 bridgehead atoms. The molecule has 2 heterocycles. The summed E-state index contributed by atoms with van der Waals surface area (Å²) in [6.07, 6.45) is 3.72. The van der Waals surface area contributed by atoms with Gasteiger partial charge in [-0.15, -0.1) is 0 Å². The van der Waals surface area contributed by atoms with Crippen LogP contribution in [0.2, 0.25) is 0 Å². The van der Waals surface area contributed by atoms with E-state index in [1.54, 1.807) is 24.7 Å². The molecule has 6 nitrogen and oxygen atoms in total. The summed E-state index contributed by atoms with van der Waals surface area (Å²) in [6, 6.07) is 0. The van der Waals surface area contributed by atoms with Gasteiger partial charge in [0.05, 0.1) is 24.1 Å². The standard InChI is InChI=1S/C12H16N4O2/c1-4-15-6-10(5-13-15)7-16-9(3)11(12(17)18)8(2)14-16/h5-6H,4,7H2,1-3H3,(H,17,18). The van der Waals surface area contributed by atoms with Crippen molar-refractivity contribution in [2.24, 2.45) is 0 Å². The van der Waals surface area contributed by atoms with Crippen molar-refractivity contribution < 1.29 is 9.90 Å². The van der Waals surface area contributed by atoms with E-state index in [9.17, 15) is 4.79 Å². The van der Waals surface area contributed by atoms with Gasteiger partial charge >= 0.3 is 5.97 Å². The van der Waals surface area contributed by atoms with Crippen LogP contribution in [0.4, 0.5) is 0 Å². The van der Waals surface area contributed by atoms with Crippen LogP contribution < -0.4 is 0 Å². The van der Waals surface area contributed by atoms with E-state index < -0.39 is 5.97 Å². The fraction of sp³-hybridized carbons (Fsp3) is 0.417. The SMILES string of the molecule is CCn1cc(Cn2nc(C)c(C(=O)O)c2C)cn1. The molecule has 1 N–H and O–H groups in total. The molecule has 0 saturated carbocycles. The topological polar surface area (TPSA) is 72.9 Å². The van der Waals surface area contributed by atoms with Gasteiger partial charge in [0.2, 0.25) is 0 Å². The van der Waals surface area contributed by atoms with Crippen molar-refractivity contribution in [1.29, 1.82) is 0 Å². The van der Waals surface area contributed by atoms with Crippen molar-refractivity contribution in [3.05, 3.63) is 34.9 Å². The summed E-state index contributed by atoms with van der Waals surface area (Å²) >= 11 is 0. The molecule has 0 radical (unpaired) electrons. The van der Waals surface area contributed by atoms with Crippen molar-refractivity contribution in [2.75, 3.05) is 0 Å². The predicted molar refractivity (Wildman–Crippen MR) is 65.7 cm³/mol. The third-order valence-corrected chi connectivity index (χ3v) is 2.94. The second-order valence-electron chi connectivity index (χ2n) is 4.21. The van der Waals surface area contributed by atoms with Crippen molar-refractivity contribution in [3.8, 4) is 0 Å². The highest BCUT2D eigenvalue weighted by atomic mass is 16.4. The maximum absolute atomic E-state index is 11.1. The van der Waals surface area contributed by atoms with E-state index >= 15 is 0 Å². The van der Waals surface area contributed by atoms with Crippen LogP contribution in [0.25, 0.3) is 0 Å². The second kappa shape index (κ2) is 4.64. The van der Waals surface area contributed by atoms with Gasteiger partial charge in [-0.05, 0) is 20.8 Å². The largest absolute Gasteiger partial charge is 0.478 e. The van der Waals surface area contributed by atoms with E-state index in [0.29, 0.717) is 17.9 Å². The number of nitrogens with zero attached hydrogens (tertiary/aromatic N) is 4. The number of carboxylic acid groups (broad SMARTS) is 1. The fourth-order valence-electron chi connectivity index (χ4n) is 1.99. The highest BCUT2D eigenvalue weighted by Gasteiger charge is 2.17. The molecule has 6 heteroatoms. The van der Waals surface area contributed by atoms with Crippen LogP contribution in [0.1, 0.15) is 34.2 Å². The number of aromatic carboxylic acids is 1. The van der Waals surface area contributed by atoms with Crippen LogP contribution in [0.3, 0.4) is 0 Å². The zero-order chi connectivity index (χ0) is 13.3. The van der Waals surface area contributed by atoms with Gasteiger partial charge in [-0.3, -0.25) is 9.36 Å². The molecule has 0 unspecified atom stereocenters. The molecule has 0 amide bonds. The van der Waals surface area contributed by atoms with Crippen molar-refractivity contribution >= 4 is 5.97 Å². The number of rotatable bonds is 4. The van der Waals surface area contributed by atoms with E-state index in [1.807, 2.05) is 17.8 Å². The van der Waals surface area contributed by atoms with Crippen LogP contribution in [0, 0.1) is 13.8 Å². The first-order chi connectivity index (χ1) is 8.52. The molecule has 0 aliphatic heterocycles. The Morgan fingerprint density at radius 2 is 2.17 bits per heavy atom. The third kappa shape index (κ3) is 2.13. The quantitative estimate of drug-likeness (QED) is 0.889. The highest BCUT2D eigenvalue weighted by Crippen LogP contribution is 2.14. The van der Waals surface area contributed by atoms with Gasteiger partial charge < -0.3 is 5.11 Å². The van der Waals surface area contributed by atoms with Crippen LogP contribution in [0.15, 0.2) is 12.4 Å². The monoisotopic (exact) mass is 248 g/mol. The number of hydrogen-bond acceptors (Lipinski definition) is 3. The maximum Gasteiger partial charge on any atom is 0.339 e. The van der Waals surface area contributed by atoms with Crippen LogP contribution in [-0.4, -0.2) is 30.6 Å². The smallest absolute Gasteiger partial charge is 0.339 e. The van der Waals surface area contributed by atoms with Crippen LogP contribution in [-0.2, 0) is 13.1 Å². The molecular weight excluding hydrogens is 232 g/mol. The summed E-state index contributed by atoms with van der Waals surface area (Å²) in [5, 5.41) is 17.5. The van der Waals surface area contributed by atoms with E-state index in [2.05, 4.69) is 10.2 Å². The highest BCUT2D eigenvalue weighted by molar-refractivity contribution is 5.90. The van der Waals surface area contributed by atoms with E-state index in [4.69, 9.17) is 5.11 Å². The number of hydrogen-bond donors (Lipinski definition) is 1. The molecule has 2 rings (SSSR count). The molecule has 0 atom stereocenters. The minimum absolute atomic E-state index is 0.290. The van der Waals surface area contributed by atoms with Gasteiger partial charge in [-0.25, -0.2) is 4.79 Å². The first kappa shape index (κ1) is 12.3. The molecule has 96 valence electrons. The predicted octanol–water partition coefficient (Wildman–Crippen LogP) is 1.46. The van der Waals surface area contributed by atoms with Crippen molar-refractivity contribution in [2.45, 2.75) is 33.9 Å². The van der Waals surface area contributed by atoms with Gasteiger partial charge in [-0.2, -0.15) is 10.2 Å². The van der Waals surface area contributed by atoms with E-state index in [-0.39, 0.29) is 5.56 Å². The first-order valence-corrected chi connectivity index (χ1v) is 5.81. The Hall–Kier alpha value is -2.11. The van der Waals surface area contributed by atoms with Gasteiger partial charge in [0, 0.05) is 18.3 Å². The number of aromatic nitrogens is 4. The van der Waals surface area contributed by atoms with Crippen molar-refractivity contribution in [1.82, 2.24) is 19.6 Å². The summed E-state index contributed by atoms with van der Waals surface area (Å²) in [7, 11) is 0. The molecule has 0 aliphatic rings. The molecular formula is C12H16N4O2. The molecule has 0 aromatic carbocycles. The number of carbonyl (C=O) groups is 1. The van der Waals surface area contributed by atoms with E-state index in [1.165, 1.54) is 0 Å². The lowest BCUT2D eigenvalue weighted by Gasteiger charge is -2.02. The minimum Gasteiger partial charge on any atom is -0.478 e. The summed E-state index contributed by atoms with van der Waals surface area (Å²) in [6.45, 7) is 6.86. The Bertz CT molecular complexity index is 583. The average Bonchev–Trinajstić information content (AvgIpc) is 2.85. The maximum atomic E-state index is 11.1. The van der Waals surface area contributed by atoms with Gasteiger partial charge in [0.25, 0.3) is 0 Å². The zero-order valence-electron chi connectivity index (χ0n) is 10.7. The first-order valence-electron chi connectivity index (χ1n) is 5.81. The lowest BCUT2D eigenvalue weighted by Crippen LogP contribution is -2.05. The molecule has 2 aromatic heterocycles. The van der Waals surface area contributed by atoms with Gasteiger partial charge in [0.15, 0.2) is 0 Å². The zero-order valence-corrected chi connectivity index (χ0v) is 10.7. The Labute approximate surface area is 105 Å². The summed E-state index contributed by atoms with van der Waals surface area (Å²) < 4.78 is 3.54. The lowest BCUT2D eigenvalue weighted by molar-refractivity contribution is 0.0695.